The van der Waals surface area contributed by atoms with Gasteiger partial charge in [-0.3, -0.25) is 4.79 Å². The van der Waals surface area contributed by atoms with E-state index in [-0.39, 0.29) is 25.2 Å². The molecule has 1 N–H and O–H groups in total. The maximum atomic E-state index is 11.6. The molecule has 0 spiro atoms. The molecule has 17 heavy (non-hydrogen) atoms. The number of nitrogens with zero attached hydrogens (tertiary/aromatic N) is 1. The Balaban J connectivity index is 4.20. The van der Waals surface area contributed by atoms with Gasteiger partial charge in [0.1, 0.15) is 0 Å². The molecule has 6 nitrogen and oxygen atoms in total. The second kappa shape index (κ2) is 8.03. The van der Waals surface area contributed by atoms with E-state index >= 15 is 0 Å². The molecular weight excluding hydrogens is 244 g/mol. The Morgan fingerprint density at radius 1 is 1.47 bits per heavy atom. The van der Waals surface area contributed by atoms with Crippen molar-refractivity contribution < 1.29 is 17.9 Å². The molecule has 0 aliphatic heterocycles. The zero-order valence-electron chi connectivity index (χ0n) is 10.1. The maximum Gasteiger partial charge on any atom is 0.306 e. The van der Waals surface area contributed by atoms with Gasteiger partial charge in [0.05, 0.1) is 31.3 Å². The third kappa shape index (κ3) is 7.71. The predicted molar refractivity (Wildman–Crippen MR) is 62.5 cm³/mol. The van der Waals surface area contributed by atoms with Crippen molar-refractivity contribution in [2.24, 2.45) is 0 Å². The van der Waals surface area contributed by atoms with E-state index < -0.39 is 22.0 Å². The van der Waals surface area contributed by atoms with E-state index in [1.807, 2.05) is 6.07 Å². The van der Waals surface area contributed by atoms with Crippen LogP contribution in [-0.4, -0.2) is 32.8 Å². The maximum absolute atomic E-state index is 11.6. The number of sulfonamides is 1. The van der Waals surface area contributed by atoms with E-state index in [0.717, 1.165) is 0 Å². The van der Waals surface area contributed by atoms with Crippen molar-refractivity contribution in [2.75, 3.05) is 12.4 Å². The van der Waals surface area contributed by atoms with E-state index in [4.69, 9.17) is 5.26 Å². The van der Waals surface area contributed by atoms with Crippen LogP contribution in [-0.2, 0) is 19.6 Å². The van der Waals surface area contributed by atoms with E-state index in [1.165, 1.54) is 0 Å². The molecule has 0 bridgehead atoms. The highest BCUT2D eigenvalue weighted by Crippen LogP contribution is 2.01. The van der Waals surface area contributed by atoms with E-state index in [0.29, 0.717) is 6.42 Å². The normalized spacial score (nSPS) is 12.8. The molecule has 0 fully saturated rings. The van der Waals surface area contributed by atoms with Crippen LogP contribution in [0.2, 0.25) is 0 Å². The van der Waals surface area contributed by atoms with Gasteiger partial charge in [-0.1, -0.05) is 6.92 Å². The summed E-state index contributed by atoms with van der Waals surface area (Å²) in [6.45, 7) is 3.68. The number of carbonyl (C=O) groups is 1. The van der Waals surface area contributed by atoms with Gasteiger partial charge >= 0.3 is 5.97 Å². The SMILES string of the molecule is CCOC(=O)CCS(=O)(=O)NC(CC)CC#N. The van der Waals surface area contributed by atoms with E-state index in [1.54, 1.807) is 13.8 Å². The Bertz CT molecular complexity index is 372. The second-order valence-corrected chi connectivity index (χ2v) is 5.33. The third-order valence-electron chi connectivity index (χ3n) is 2.06. The van der Waals surface area contributed by atoms with Gasteiger partial charge in [-0.15, -0.1) is 0 Å². The summed E-state index contributed by atoms with van der Waals surface area (Å²) in [5.74, 6) is -0.848. The Kier molecular flexibility index (Phi) is 7.50. The lowest BCUT2D eigenvalue weighted by Gasteiger charge is -2.13. The fourth-order valence-corrected chi connectivity index (χ4v) is 2.45. The number of rotatable bonds is 8. The lowest BCUT2D eigenvalue weighted by atomic mass is 10.2. The average molecular weight is 262 g/mol. The minimum atomic E-state index is -3.53. The highest BCUT2D eigenvalue weighted by molar-refractivity contribution is 7.89. The number of hydrogen-bond acceptors (Lipinski definition) is 5. The highest BCUT2D eigenvalue weighted by atomic mass is 32.2. The van der Waals surface area contributed by atoms with Crippen LogP contribution in [0, 0.1) is 11.3 Å². The molecule has 0 amide bonds. The van der Waals surface area contributed by atoms with Crippen molar-refractivity contribution in [3.05, 3.63) is 0 Å². The van der Waals surface area contributed by atoms with Crippen LogP contribution in [0.5, 0.6) is 0 Å². The highest BCUT2D eigenvalue weighted by Gasteiger charge is 2.18. The summed E-state index contributed by atoms with van der Waals surface area (Å²) < 4.78 is 30.1. The lowest BCUT2D eigenvalue weighted by Crippen LogP contribution is -2.36. The molecule has 0 aromatic heterocycles. The van der Waals surface area contributed by atoms with Crippen molar-refractivity contribution in [3.8, 4) is 6.07 Å². The van der Waals surface area contributed by atoms with Gasteiger partial charge in [0, 0.05) is 6.04 Å². The molecule has 1 atom stereocenters. The summed E-state index contributed by atoms with van der Waals surface area (Å²) in [4.78, 5) is 11.0. The standard InChI is InChI=1S/C10H18N2O4S/c1-3-9(5-7-11)12-17(14,15)8-6-10(13)16-4-2/h9,12H,3-6,8H2,1-2H3. The first-order chi connectivity index (χ1) is 7.95. The van der Waals surface area contributed by atoms with Crippen LogP contribution in [0.25, 0.3) is 0 Å². The smallest absolute Gasteiger partial charge is 0.306 e. The van der Waals surface area contributed by atoms with Gasteiger partial charge in [-0.25, -0.2) is 13.1 Å². The van der Waals surface area contributed by atoms with Gasteiger partial charge in [0.25, 0.3) is 0 Å². The van der Waals surface area contributed by atoms with Crippen LogP contribution >= 0.6 is 0 Å². The first kappa shape index (κ1) is 15.9. The summed E-state index contributed by atoms with van der Waals surface area (Å²) in [7, 11) is -3.53. The summed E-state index contributed by atoms with van der Waals surface area (Å²) in [5.41, 5.74) is 0. The molecule has 0 rings (SSSR count). The second-order valence-electron chi connectivity index (χ2n) is 3.46. The molecule has 7 heteroatoms. The predicted octanol–water partition coefficient (Wildman–Crippen LogP) is 0.551. The summed E-state index contributed by atoms with van der Waals surface area (Å²) >= 11 is 0. The molecule has 0 radical (unpaired) electrons. The number of nitrogens with one attached hydrogen (secondary N) is 1. The zero-order chi connectivity index (χ0) is 13.3. The Hall–Kier alpha value is -1.13. The van der Waals surface area contributed by atoms with Crippen LogP contribution < -0.4 is 4.72 Å². The number of nitriles is 1. The number of hydrogen-bond donors (Lipinski definition) is 1. The fraction of sp³-hybridized carbons (Fsp3) is 0.800. The van der Waals surface area contributed by atoms with Gasteiger partial charge in [-0.05, 0) is 13.3 Å². The van der Waals surface area contributed by atoms with Gasteiger partial charge in [-0.2, -0.15) is 5.26 Å². The van der Waals surface area contributed by atoms with E-state index in [9.17, 15) is 13.2 Å². The Morgan fingerprint density at radius 2 is 2.12 bits per heavy atom. The molecular formula is C10H18N2O4S. The van der Waals surface area contributed by atoms with Crippen LogP contribution in [0.15, 0.2) is 0 Å². The fourth-order valence-electron chi connectivity index (χ4n) is 1.14. The lowest BCUT2D eigenvalue weighted by molar-refractivity contribution is -0.142. The van der Waals surface area contributed by atoms with Crippen molar-refractivity contribution in [1.82, 2.24) is 4.72 Å². The number of carbonyl (C=O) groups excluding carboxylic acids is 1. The quantitative estimate of drug-likeness (QED) is 0.644. The van der Waals surface area contributed by atoms with Crippen molar-refractivity contribution in [1.29, 1.82) is 5.26 Å². The molecule has 1 unspecified atom stereocenters. The van der Waals surface area contributed by atoms with Crippen LogP contribution in [0.3, 0.4) is 0 Å². The average Bonchev–Trinajstić information content (AvgIpc) is 2.26. The molecule has 0 aliphatic carbocycles. The van der Waals surface area contributed by atoms with Crippen molar-refractivity contribution >= 4 is 16.0 Å². The first-order valence-corrected chi connectivity index (χ1v) is 7.13. The monoisotopic (exact) mass is 262 g/mol. The first-order valence-electron chi connectivity index (χ1n) is 5.47. The number of esters is 1. The molecule has 0 saturated carbocycles. The minimum absolute atomic E-state index is 0.120. The summed E-state index contributed by atoms with van der Waals surface area (Å²) in [6, 6.07) is 1.51. The van der Waals surface area contributed by atoms with Crippen LogP contribution in [0.1, 0.15) is 33.1 Å². The summed E-state index contributed by atoms with van der Waals surface area (Å²) in [6.07, 6.45) is 0.480. The van der Waals surface area contributed by atoms with Gasteiger partial charge < -0.3 is 4.74 Å². The zero-order valence-corrected chi connectivity index (χ0v) is 10.9. The Labute approximate surface area is 102 Å². The molecule has 0 aromatic rings. The third-order valence-corrected chi connectivity index (χ3v) is 3.49. The molecule has 0 aliphatic rings. The molecule has 0 aromatic carbocycles. The number of ether oxygens (including phenoxy) is 1. The van der Waals surface area contributed by atoms with Gasteiger partial charge in [0.2, 0.25) is 10.0 Å². The Morgan fingerprint density at radius 3 is 2.59 bits per heavy atom. The molecule has 98 valence electrons. The summed E-state index contributed by atoms with van der Waals surface area (Å²) in [5, 5.41) is 8.49. The molecule has 0 saturated heterocycles. The van der Waals surface area contributed by atoms with Crippen molar-refractivity contribution in [2.45, 2.75) is 39.2 Å². The van der Waals surface area contributed by atoms with Crippen molar-refractivity contribution in [3.63, 3.8) is 0 Å². The molecule has 0 heterocycles. The van der Waals surface area contributed by atoms with Gasteiger partial charge in [0.15, 0.2) is 0 Å². The topological polar surface area (TPSA) is 96.3 Å². The minimum Gasteiger partial charge on any atom is -0.466 e. The van der Waals surface area contributed by atoms with E-state index in [2.05, 4.69) is 9.46 Å². The largest absolute Gasteiger partial charge is 0.466 e. The van der Waals surface area contributed by atoms with Crippen LogP contribution in [0.4, 0.5) is 0 Å².